The predicted molar refractivity (Wildman–Crippen MR) is 136 cm³/mol. The first-order valence-electron chi connectivity index (χ1n) is 11.6. The van der Waals surface area contributed by atoms with Gasteiger partial charge in [-0.1, -0.05) is 6.07 Å². The Labute approximate surface area is 212 Å². The van der Waals surface area contributed by atoms with Crippen LogP contribution >= 0.6 is 11.3 Å². The quantitative estimate of drug-likeness (QED) is 0.452. The van der Waals surface area contributed by atoms with Gasteiger partial charge in [0.15, 0.2) is 0 Å². The third kappa shape index (κ3) is 5.85. The molecule has 10 nitrogen and oxygen atoms in total. The zero-order chi connectivity index (χ0) is 25.8. The summed E-state index contributed by atoms with van der Waals surface area (Å²) in [5.41, 5.74) is 1.65. The number of rotatable bonds is 5. The molecule has 3 heterocycles. The van der Waals surface area contributed by atoms with E-state index < -0.39 is 23.9 Å². The van der Waals surface area contributed by atoms with E-state index in [1.807, 2.05) is 19.1 Å². The Morgan fingerprint density at radius 3 is 2.50 bits per heavy atom. The Balaban J connectivity index is 1.47. The number of carbonyl (C=O) groups is 4. The SMILES string of the molecule is Cc1ccc(NC(=O)C(=O)N[C@H]2CC[C@H](C(=O)N(C)C)C[C@H]2NC(=O)c2cc3ncccc3s2)nc1. The third-order valence-corrected chi connectivity index (χ3v) is 7.23. The highest BCUT2D eigenvalue weighted by Crippen LogP contribution is 2.28. The molecule has 11 heteroatoms. The summed E-state index contributed by atoms with van der Waals surface area (Å²) < 4.78 is 0.887. The van der Waals surface area contributed by atoms with Crippen LogP contribution in [0.5, 0.6) is 0 Å². The van der Waals surface area contributed by atoms with Gasteiger partial charge in [-0.25, -0.2) is 4.98 Å². The number of carbonyl (C=O) groups excluding carboxylic acids is 4. The highest BCUT2D eigenvalue weighted by atomic mass is 32.1. The molecule has 0 unspecified atom stereocenters. The van der Waals surface area contributed by atoms with Crippen LogP contribution in [0.25, 0.3) is 10.2 Å². The third-order valence-electron chi connectivity index (χ3n) is 6.14. The van der Waals surface area contributed by atoms with E-state index in [1.165, 1.54) is 16.2 Å². The molecule has 1 fully saturated rings. The molecule has 0 radical (unpaired) electrons. The van der Waals surface area contributed by atoms with Crippen LogP contribution in [0, 0.1) is 12.8 Å². The van der Waals surface area contributed by atoms with Crippen LogP contribution in [0.4, 0.5) is 5.82 Å². The normalized spacial score (nSPS) is 19.4. The molecule has 0 saturated heterocycles. The van der Waals surface area contributed by atoms with E-state index in [0.29, 0.717) is 24.1 Å². The van der Waals surface area contributed by atoms with Crippen molar-refractivity contribution in [3.63, 3.8) is 0 Å². The van der Waals surface area contributed by atoms with Crippen molar-refractivity contribution >= 4 is 51.0 Å². The molecular weight excluding hydrogens is 480 g/mol. The molecule has 1 saturated carbocycles. The van der Waals surface area contributed by atoms with Crippen molar-refractivity contribution in [2.24, 2.45) is 5.92 Å². The van der Waals surface area contributed by atoms with Crippen LogP contribution < -0.4 is 16.0 Å². The second kappa shape index (κ2) is 10.8. The minimum atomic E-state index is -0.849. The molecule has 0 aromatic carbocycles. The van der Waals surface area contributed by atoms with Crippen LogP contribution in [0.15, 0.2) is 42.7 Å². The van der Waals surface area contributed by atoms with Gasteiger partial charge in [-0.2, -0.15) is 0 Å². The van der Waals surface area contributed by atoms with E-state index in [2.05, 4.69) is 25.9 Å². The second-order valence-electron chi connectivity index (χ2n) is 9.07. The number of amides is 4. The molecule has 4 rings (SSSR count). The molecule has 36 heavy (non-hydrogen) atoms. The standard InChI is InChI=1S/C25H28N6O4S/c1-14-6-9-21(27-13-14)30-24(34)23(33)28-16-8-7-15(25(35)31(2)3)11-17(16)29-22(32)20-12-18-19(36-20)5-4-10-26-18/h4-6,9-10,12-13,15-17H,7-8,11H2,1-3H3,(H,28,33)(H,29,32)(H,27,30,34)/t15-,16-,17+/m0/s1. The second-order valence-corrected chi connectivity index (χ2v) is 10.2. The van der Waals surface area contributed by atoms with Gasteiger partial charge >= 0.3 is 11.8 Å². The molecular formula is C25H28N6O4S. The molecule has 3 atom stereocenters. The molecule has 4 amide bonds. The van der Waals surface area contributed by atoms with E-state index in [0.717, 1.165) is 15.8 Å². The van der Waals surface area contributed by atoms with Gasteiger partial charge in [-0.15, -0.1) is 11.3 Å². The molecule has 1 aliphatic carbocycles. The molecule has 3 aromatic heterocycles. The van der Waals surface area contributed by atoms with Crippen molar-refractivity contribution < 1.29 is 19.2 Å². The van der Waals surface area contributed by atoms with Crippen molar-refractivity contribution in [1.82, 2.24) is 25.5 Å². The van der Waals surface area contributed by atoms with Crippen molar-refractivity contribution in [3.05, 3.63) is 53.2 Å². The van der Waals surface area contributed by atoms with Crippen LogP contribution in [0.3, 0.4) is 0 Å². The van der Waals surface area contributed by atoms with Crippen LogP contribution in [-0.4, -0.2) is 64.7 Å². The number of thiophene rings is 1. The van der Waals surface area contributed by atoms with E-state index >= 15 is 0 Å². The molecule has 1 aliphatic rings. The van der Waals surface area contributed by atoms with Gasteiger partial charge in [0, 0.05) is 38.4 Å². The number of hydrogen-bond acceptors (Lipinski definition) is 7. The van der Waals surface area contributed by atoms with Gasteiger partial charge in [0.2, 0.25) is 5.91 Å². The molecule has 0 spiro atoms. The van der Waals surface area contributed by atoms with E-state index in [-0.39, 0.29) is 23.6 Å². The maximum absolute atomic E-state index is 13.1. The minimum Gasteiger partial charge on any atom is -0.349 e. The molecule has 188 valence electrons. The van der Waals surface area contributed by atoms with E-state index in [1.54, 1.807) is 44.7 Å². The molecule has 0 aliphatic heterocycles. The lowest BCUT2D eigenvalue weighted by Gasteiger charge is -2.37. The average molecular weight is 509 g/mol. The highest BCUT2D eigenvalue weighted by Gasteiger charge is 2.37. The first-order chi connectivity index (χ1) is 17.2. The van der Waals surface area contributed by atoms with Crippen LogP contribution in [0.2, 0.25) is 0 Å². The number of anilines is 1. The lowest BCUT2D eigenvalue weighted by molar-refractivity contribution is -0.137. The topological polar surface area (TPSA) is 133 Å². The summed E-state index contributed by atoms with van der Waals surface area (Å²) in [7, 11) is 3.38. The summed E-state index contributed by atoms with van der Waals surface area (Å²) in [6.45, 7) is 1.87. The number of nitrogens with one attached hydrogen (secondary N) is 3. The molecule has 3 aromatic rings. The number of nitrogens with zero attached hydrogens (tertiary/aromatic N) is 3. The maximum Gasteiger partial charge on any atom is 0.314 e. The molecule has 3 N–H and O–H groups in total. The summed E-state index contributed by atoms with van der Waals surface area (Å²) in [4.78, 5) is 61.2. The Morgan fingerprint density at radius 2 is 1.81 bits per heavy atom. The van der Waals surface area contributed by atoms with Gasteiger partial charge in [0.25, 0.3) is 5.91 Å². The first kappa shape index (κ1) is 25.2. The predicted octanol–water partition coefficient (Wildman–Crippen LogP) is 2.11. The Hall–Kier alpha value is -3.86. The Bertz CT molecular complexity index is 1260. The minimum absolute atomic E-state index is 0.0340. The van der Waals surface area contributed by atoms with Gasteiger partial charge in [-0.05, 0) is 56.0 Å². The van der Waals surface area contributed by atoms with E-state index in [9.17, 15) is 19.2 Å². The number of hydrogen-bond donors (Lipinski definition) is 3. The van der Waals surface area contributed by atoms with Gasteiger partial charge in [0.05, 0.1) is 21.1 Å². The van der Waals surface area contributed by atoms with E-state index in [4.69, 9.17) is 0 Å². The fraction of sp³-hybridized carbons (Fsp3) is 0.360. The number of fused-ring (bicyclic) bond motifs is 1. The smallest absolute Gasteiger partial charge is 0.314 e. The van der Waals surface area contributed by atoms with Gasteiger partial charge in [-0.3, -0.25) is 24.2 Å². The van der Waals surface area contributed by atoms with Crippen molar-refractivity contribution in [2.75, 3.05) is 19.4 Å². The fourth-order valence-electron chi connectivity index (χ4n) is 4.26. The first-order valence-corrected chi connectivity index (χ1v) is 12.4. The Kier molecular flexibility index (Phi) is 7.58. The fourth-order valence-corrected chi connectivity index (χ4v) is 5.18. The van der Waals surface area contributed by atoms with Gasteiger partial charge < -0.3 is 20.9 Å². The van der Waals surface area contributed by atoms with Crippen molar-refractivity contribution in [1.29, 1.82) is 0 Å². The van der Waals surface area contributed by atoms with Crippen LogP contribution in [0.1, 0.15) is 34.5 Å². The summed E-state index contributed by atoms with van der Waals surface area (Å²) in [6, 6.07) is 7.75. The largest absolute Gasteiger partial charge is 0.349 e. The van der Waals surface area contributed by atoms with Crippen LogP contribution in [-0.2, 0) is 14.4 Å². The lowest BCUT2D eigenvalue weighted by Crippen LogP contribution is -2.57. The zero-order valence-electron chi connectivity index (χ0n) is 20.3. The summed E-state index contributed by atoms with van der Waals surface area (Å²) in [5, 5.41) is 8.21. The maximum atomic E-state index is 13.1. The number of pyridine rings is 2. The summed E-state index contributed by atoms with van der Waals surface area (Å²) in [5.74, 6) is -2.05. The summed E-state index contributed by atoms with van der Waals surface area (Å²) in [6.07, 6.45) is 4.56. The van der Waals surface area contributed by atoms with Crippen molar-refractivity contribution in [3.8, 4) is 0 Å². The Morgan fingerprint density at radius 1 is 1.00 bits per heavy atom. The highest BCUT2D eigenvalue weighted by molar-refractivity contribution is 7.20. The summed E-state index contributed by atoms with van der Waals surface area (Å²) >= 11 is 1.32. The number of aromatic nitrogens is 2. The average Bonchev–Trinajstić information content (AvgIpc) is 3.30. The monoisotopic (exact) mass is 508 g/mol. The van der Waals surface area contributed by atoms with Crippen molar-refractivity contribution in [2.45, 2.75) is 38.3 Å². The molecule has 0 bridgehead atoms. The van der Waals surface area contributed by atoms with Gasteiger partial charge in [0.1, 0.15) is 5.82 Å². The number of aryl methyl sites for hydroxylation is 1. The lowest BCUT2D eigenvalue weighted by atomic mass is 9.81. The zero-order valence-corrected chi connectivity index (χ0v) is 21.1.